The van der Waals surface area contributed by atoms with Crippen molar-refractivity contribution in [3.05, 3.63) is 29.2 Å². The average Bonchev–Trinajstić information content (AvgIpc) is 2.27. The summed E-state index contributed by atoms with van der Waals surface area (Å²) in [5, 5.41) is 1.02. The lowest BCUT2D eigenvalue weighted by atomic mass is 10.1. The molecule has 0 atom stereocenters. The third kappa shape index (κ3) is 5.40. The van der Waals surface area contributed by atoms with Gasteiger partial charge in [0.1, 0.15) is 0 Å². The number of ether oxygens (including phenoxy) is 2. The summed E-state index contributed by atoms with van der Waals surface area (Å²) >= 11 is 0. The quantitative estimate of drug-likeness (QED) is 0.897. The molecule has 1 aromatic rings. The van der Waals surface area contributed by atoms with E-state index in [2.05, 4.69) is 0 Å². The number of hydrogen-bond acceptors (Lipinski definition) is 5. The number of benzene rings is 1. The maximum absolute atomic E-state index is 11.1. The van der Waals surface area contributed by atoms with Gasteiger partial charge in [-0.3, -0.25) is 0 Å². The second-order valence-electron chi connectivity index (χ2n) is 3.70. The fourth-order valence-corrected chi connectivity index (χ4v) is 2.02. The molecule has 0 spiro atoms. The Bertz CT molecular complexity index is 555. The zero-order valence-corrected chi connectivity index (χ0v) is 12.7. The number of halogens is 1. The van der Waals surface area contributed by atoms with E-state index in [4.69, 9.17) is 15.2 Å². The summed E-state index contributed by atoms with van der Waals surface area (Å²) in [5.41, 5.74) is 6.46. The van der Waals surface area contributed by atoms with Crippen LogP contribution in [0.2, 0.25) is 0 Å². The van der Waals surface area contributed by atoms with E-state index in [0.717, 1.165) is 11.7 Å². The van der Waals surface area contributed by atoms with Crippen molar-refractivity contribution in [3.8, 4) is 11.5 Å². The lowest BCUT2D eigenvalue weighted by molar-refractivity contribution is 0.311. The van der Waals surface area contributed by atoms with Gasteiger partial charge in [-0.2, -0.15) is 0 Å². The van der Waals surface area contributed by atoms with E-state index in [9.17, 15) is 8.42 Å². The molecule has 0 aliphatic heterocycles. The third-order valence-electron chi connectivity index (χ3n) is 2.14. The molecule has 0 amide bonds. The molecule has 0 heterocycles. The lowest BCUT2D eigenvalue weighted by Crippen LogP contribution is -2.02. The van der Waals surface area contributed by atoms with Gasteiger partial charge in [0.15, 0.2) is 21.3 Å². The van der Waals surface area contributed by atoms with Crippen molar-refractivity contribution >= 4 is 27.9 Å². The van der Waals surface area contributed by atoms with Crippen LogP contribution in [-0.4, -0.2) is 28.4 Å². The third-order valence-corrected chi connectivity index (χ3v) is 2.82. The highest BCUT2D eigenvalue weighted by atomic mass is 35.5. The van der Waals surface area contributed by atoms with Crippen LogP contribution in [0.4, 0.5) is 0 Å². The predicted octanol–water partition coefficient (Wildman–Crippen LogP) is 1.82. The van der Waals surface area contributed by atoms with Crippen molar-refractivity contribution in [3.63, 3.8) is 0 Å². The monoisotopic (exact) mass is 307 g/mol. The molecule has 0 saturated carbocycles. The van der Waals surface area contributed by atoms with E-state index >= 15 is 0 Å². The van der Waals surface area contributed by atoms with Gasteiger partial charge in [-0.1, -0.05) is 0 Å². The minimum atomic E-state index is -3.27. The van der Waals surface area contributed by atoms with Gasteiger partial charge in [0.05, 0.1) is 24.8 Å². The minimum absolute atomic E-state index is 0. The van der Waals surface area contributed by atoms with Gasteiger partial charge in [-0.25, -0.2) is 8.42 Å². The summed E-state index contributed by atoms with van der Waals surface area (Å²) in [4.78, 5) is 0. The van der Waals surface area contributed by atoms with Crippen molar-refractivity contribution in [1.82, 2.24) is 0 Å². The Morgan fingerprint density at radius 3 is 2.47 bits per heavy atom. The first-order chi connectivity index (χ1) is 8.37. The van der Waals surface area contributed by atoms with Crippen LogP contribution in [0.5, 0.6) is 11.5 Å². The Morgan fingerprint density at radius 2 is 2.00 bits per heavy atom. The highest BCUT2D eigenvalue weighted by Crippen LogP contribution is 2.29. The maximum Gasteiger partial charge on any atom is 0.170 e. The van der Waals surface area contributed by atoms with E-state index in [-0.39, 0.29) is 18.1 Å². The van der Waals surface area contributed by atoms with Crippen molar-refractivity contribution < 1.29 is 17.9 Å². The minimum Gasteiger partial charge on any atom is -0.493 e. The van der Waals surface area contributed by atoms with Crippen LogP contribution in [0.25, 0.3) is 5.70 Å². The van der Waals surface area contributed by atoms with Gasteiger partial charge in [-0.05, 0) is 25.1 Å². The number of sulfone groups is 1. The Hall–Kier alpha value is -1.40. The Kier molecular flexibility index (Phi) is 6.72. The molecule has 19 heavy (non-hydrogen) atoms. The van der Waals surface area contributed by atoms with E-state index in [0.29, 0.717) is 23.7 Å². The average molecular weight is 308 g/mol. The normalized spacial score (nSPS) is 11.6. The Labute approximate surface area is 119 Å². The topological polar surface area (TPSA) is 78.6 Å². The smallest absolute Gasteiger partial charge is 0.170 e. The Balaban J connectivity index is 0.00000324. The van der Waals surface area contributed by atoms with Gasteiger partial charge < -0.3 is 15.2 Å². The summed E-state index contributed by atoms with van der Waals surface area (Å²) in [6, 6.07) is 5.01. The van der Waals surface area contributed by atoms with Gasteiger partial charge >= 0.3 is 0 Å². The summed E-state index contributed by atoms with van der Waals surface area (Å²) in [6.07, 6.45) is 1.09. The van der Waals surface area contributed by atoms with Crippen molar-refractivity contribution in [2.75, 3.05) is 20.0 Å². The standard InChI is InChI=1S/C12H17NO4S.ClH/c1-4-17-12-7-9(5-6-11(12)16-2)10(13)8-18(3,14)15;/h5-8H,4,13H2,1-3H3;1H/b10-8-;. The highest BCUT2D eigenvalue weighted by molar-refractivity contribution is 7.93. The molecule has 1 aromatic carbocycles. The lowest BCUT2D eigenvalue weighted by Gasteiger charge is -2.11. The molecule has 0 aliphatic rings. The summed E-state index contributed by atoms with van der Waals surface area (Å²) in [6.45, 7) is 2.33. The number of rotatable bonds is 5. The highest BCUT2D eigenvalue weighted by Gasteiger charge is 2.08. The summed E-state index contributed by atoms with van der Waals surface area (Å²) in [5.74, 6) is 1.11. The maximum atomic E-state index is 11.1. The molecule has 0 unspecified atom stereocenters. The number of hydrogen-bond donors (Lipinski definition) is 1. The first kappa shape index (κ1) is 17.6. The first-order valence-corrected chi connectivity index (χ1v) is 7.31. The summed E-state index contributed by atoms with van der Waals surface area (Å²) < 4.78 is 32.8. The fourth-order valence-electron chi connectivity index (χ4n) is 1.42. The van der Waals surface area contributed by atoms with Crippen LogP contribution in [0.3, 0.4) is 0 Å². The first-order valence-electron chi connectivity index (χ1n) is 5.35. The summed E-state index contributed by atoms with van der Waals surface area (Å²) in [7, 11) is -1.74. The molecule has 0 fully saturated rings. The van der Waals surface area contributed by atoms with Crippen molar-refractivity contribution in [1.29, 1.82) is 0 Å². The van der Waals surface area contributed by atoms with E-state index in [1.165, 1.54) is 7.11 Å². The second kappa shape index (κ2) is 7.25. The zero-order valence-electron chi connectivity index (χ0n) is 11.0. The number of methoxy groups -OCH3 is 1. The molecule has 0 aromatic heterocycles. The molecule has 1 rings (SSSR count). The van der Waals surface area contributed by atoms with E-state index in [1.807, 2.05) is 6.92 Å². The van der Waals surface area contributed by atoms with Gasteiger partial charge in [0, 0.05) is 11.8 Å². The van der Waals surface area contributed by atoms with E-state index < -0.39 is 9.84 Å². The van der Waals surface area contributed by atoms with Crippen LogP contribution < -0.4 is 15.2 Å². The van der Waals surface area contributed by atoms with E-state index in [1.54, 1.807) is 18.2 Å². The van der Waals surface area contributed by atoms with Crippen LogP contribution in [0.1, 0.15) is 12.5 Å². The molecule has 0 saturated heterocycles. The molecular weight excluding hydrogens is 290 g/mol. The fraction of sp³-hybridized carbons (Fsp3) is 0.333. The molecule has 0 radical (unpaired) electrons. The van der Waals surface area contributed by atoms with Crippen LogP contribution in [0, 0.1) is 0 Å². The molecule has 7 heteroatoms. The van der Waals surface area contributed by atoms with Crippen molar-refractivity contribution in [2.45, 2.75) is 6.92 Å². The van der Waals surface area contributed by atoms with Gasteiger partial charge in [-0.15, -0.1) is 12.4 Å². The number of nitrogens with two attached hydrogens (primary N) is 1. The van der Waals surface area contributed by atoms with Gasteiger partial charge in [0.25, 0.3) is 0 Å². The second-order valence-corrected chi connectivity index (χ2v) is 5.60. The molecule has 0 aliphatic carbocycles. The van der Waals surface area contributed by atoms with Crippen LogP contribution in [0.15, 0.2) is 23.6 Å². The SMILES string of the molecule is CCOc1cc(/C(N)=C/S(C)(=O)=O)ccc1OC.Cl. The van der Waals surface area contributed by atoms with Crippen LogP contribution in [-0.2, 0) is 9.84 Å². The molecule has 5 nitrogen and oxygen atoms in total. The molecular formula is C12H18ClNO4S. The molecule has 0 bridgehead atoms. The largest absolute Gasteiger partial charge is 0.493 e. The molecule has 2 N–H and O–H groups in total. The Morgan fingerprint density at radius 1 is 1.37 bits per heavy atom. The van der Waals surface area contributed by atoms with Gasteiger partial charge in [0.2, 0.25) is 0 Å². The molecule has 108 valence electrons. The zero-order chi connectivity index (χ0) is 13.8. The van der Waals surface area contributed by atoms with Crippen LogP contribution >= 0.6 is 12.4 Å². The van der Waals surface area contributed by atoms with Crippen molar-refractivity contribution in [2.24, 2.45) is 5.73 Å². The predicted molar refractivity (Wildman–Crippen MR) is 78.4 cm³/mol.